The average molecular weight is 588 g/mol. The van der Waals surface area contributed by atoms with Crippen molar-refractivity contribution in [3.05, 3.63) is 23.8 Å². The van der Waals surface area contributed by atoms with Gasteiger partial charge < -0.3 is 14.8 Å². The fourth-order valence-corrected chi connectivity index (χ4v) is 5.54. The maximum Gasteiger partial charge on any atom is 0.236 e. The van der Waals surface area contributed by atoms with E-state index in [0.29, 0.717) is 24.1 Å². The summed E-state index contributed by atoms with van der Waals surface area (Å²) in [4.78, 5) is 11.3. The van der Waals surface area contributed by atoms with Crippen LogP contribution in [-0.4, -0.2) is 36.3 Å². The van der Waals surface area contributed by atoms with E-state index in [0.717, 1.165) is 29.9 Å². The number of hydrogen-bond acceptors (Lipinski definition) is 6. The van der Waals surface area contributed by atoms with Gasteiger partial charge in [0.2, 0.25) is 5.91 Å². The predicted molar refractivity (Wildman–Crippen MR) is 177 cm³/mol. The van der Waals surface area contributed by atoms with Gasteiger partial charge in [-0.1, -0.05) is 141 Å². The molecule has 1 saturated heterocycles. The highest BCUT2D eigenvalue weighted by Gasteiger charge is 2.16. The van der Waals surface area contributed by atoms with Crippen LogP contribution in [0.15, 0.2) is 28.4 Å². The Morgan fingerprint density at radius 3 is 1.68 bits per heavy atom. The molecule has 0 aromatic heterocycles. The van der Waals surface area contributed by atoms with Crippen LogP contribution in [-0.2, 0) is 4.79 Å². The zero-order chi connectivity index (χ0) is 29.2. The summed E-state index contributed by atoms with van der Waals surface area (Å²) in [5.41, 5.74) is 0.896. The van der Waals surface area contributed by atoms with E-state index in [9.17, 15) is 4.79 Å². The van der Waals surface area contributed by atoms with Gasteiger partial charge in [-0.2, -0.15) is 5.10 Å². The summed E-state index contributed by atoms with van der Waals surface area (Å²) in [6.07, 6.45) is 27.9. The van der Waals surface area contributed by atoms with Gasteiger partial charge in [0, 0.05) is 0 Å². The molecule has 0 radical (unpaired) electrons. The molecule has 1 aliphatic rings. The molecule has 0 atom stereocenters. The van der Waals surface area contributed by atoms with Crippen LogP contribution >= 0.6 is 11.8 Å². The number of hydrogen-bond donors (Lipinski definition) is 1. The van der Waals surface area contributed by atoms with E-state index in [2.05, 4.69) is 29.4 Å². The number of benzene rings is 1. The fraction of sp³-hybridized carbons (Fsp3) is 0.735. The quantitative estimate of drug-likeness (QED) is 0.0665. The van der Waals surface area contributed by atoms with Crippen LogP contribution in [0.2, 0.25) is 0 Å². The van der Waals surface area contributed by atoms with Crippen molar-refractivity contribution >= 4 is 29.1 Å². The minimum Gasteiger partial charge on any atom is -0.490 e. The summed E-state index contributed by atoms with van der Waals surface area (Å²) in [6.45, 7) is 5.95. The Hall–Kier alpha value is -2.02. The minimum atomic E-state index is -0.0319. The number of ether oxygens (including phenoxy) is 2. The zero-order valence-corrected chi connectivity index (χ0v) is 26.9. The molecule has 1 aromatic rings. The molecule has 0 aliphatic carbocycles. The van der Waals surface area contributed by atoms with Crippen molar-refractivity contribution in [3.63, 3.8) is 0 Å². The maximum atomic E-state index is 11.3. The molecule has 1 aliphatic heterocycles. The van der Waals surface area contributed by atoms with Crippen molar-refractivity contribution in [2.75, 3.05) is 19.0 Å². The van der Waals surface area contributed by atoms with Gasteiger partial charge in [0.1, 0.15) is 0 Å². The number of thioether (sulfide) groups is 1. The normalized spacial score (nSPS) is 14.3. The van der Waals surface area contributed by atoms with E-state index in [4.69, 9.17) is 9.47 Å². The minimum absolute atomic E-state index is 0.0319. The zero-order valence-electron chi connectivity index (χ0n) is 26.1. The number of unbranched alkanes of at least 4 members (excludes halogenated alkanes) is 18. The highest BCUT2D eigenvalue weighted by atomic mass is 32.2. The van der Waals surface area contributed by atoms with Gasteiger partial charge in [0.05, 0.1) is 25.2 Å². The molecule has 7 heteroatoms. The first kappa shape index (κ1) is 35.2. The van der Waals surface area contributed by atoms with Gasteiger partial charge in [0.15, 0.2) is 16.7 Å². The van der Waals surface area contributed by atoms with Crippen LogP contribution in [0, 0.1) is 0 Å². The van der Waals surface area contributed by atoms with Gasteiger partial charge in [0.25, 0.3) is 0 Å². The monoisotopic (exact) mass is 587 g/mol. The molecule has 1 amide bonds. The second-order valence-electron chi connectivity index (χ2n) is 11.3. The molecule has 1 N–H and O–H groups in total. The number of amides is 1. The molecule has 1 heterocycles. The Labute approximate surface area is 254 Å². The summed E-state index contributed by atoms with van der Waals surface area (Å²) in [6, 6.07) is 5.93. The van der Waals surface area contributed by atoms with E-state index in [1.807, 2.05) is 18.2 Å². The van der Waals surface area contributed by atoms with Crippen molar-refractivity contribution in [1.29, 1.82) is 0 Å². The van der Waals surface area contributed by atoms with Crippen LogP contribution in [0.3, 0.4) is 0 Å². The van der Waals surface area contributed by atoms with Crippen molar-refractivity contribution in [2.24, 2.45) is 10.2 Å². The predicted octanol–water partition coefficient (Wildman–Crippen LogP) is 9.84. The summed E-state index contributed by atoms with van der Waals surface area (Å²) in [5, 5.41) is 11.5. The fourth-order valence-electron chi connectivity index (χ4n) is 4.91. The number of nitrogens with zero attached hydrogens (tertiary/aromatic N) is 2. The Morgan fingerprint density at radius 1 is 0.707 bits per heavy atom. The van der Waals surface area contributed by atoms with Crippen LogP contribution in [0.4, 0.5) is 0 Å². The molecule has 0 unspecified atom stereocenters. The first-order chi connectivity index (χ1) is 20.2. The van der Waals surface area contributed by atoms with Gasteiger partial charge in [-0.05, 0) is 36.6 Å². The molecule has 41 heavy (non-hydrogen) atoms. The van der Waals surface area contributed by atoms with E-state index < -0.39 is 0 Å². The molecular weight excluding hydrogens is 530 g/mol. The lowest BCUT2D eigenvalue weighted by atomic mass is 10.1. The summed E-state index contributed by atoms with van der Waals surface area (Å²) >= 11 is 1.37. The molecule has 2 rings (SSSR count). The lowest BCUT2D eigenvalue weighted by Gasteiger charge is -2.14. The van der Waals surface area contributed by atoms with Crippen molar-refractivity contribution in [2.45, 2.75) is 142 Å². The molecule has 0 spiro atoms. The highest BCUT2D eigenvalue weighted by molar-refractivity contribution is 8.15. The molecule has 1 fully saturated rings. The van der Waals surface area contributed by atoms with Crippen LogP contribution < -0.4 is 14.8 Å². The van der Waals surface area contributed by atoms with Gasteiger partial charge >= 0.3 is 0 Å². The Balaban J connectivity index is 1.73. The third kappa shape index (κ3) is 18.2. The van der Waals surface area contributed by atoms with Crippen LogP contribution in [0.25, 0.3) is 0 Å². The number of rotatable bonds is 26. The number of nitrogens with one attached hydrogen (secondary N) is 1. The third-order valence-corrected chi connectivity index (χ3v) is 8.28. The molecule has 232 valence electrons. The van der Waals surface area contributed by atoms with Crippen molar-refractivity contribution < 1.29 is 14.3 Å². The number of carbonyl (C=O) groups is 1. The maximum absolute atomic E-state index is 11.3. The summed E-state index contributed by atoms with van der Waals surface area (Å²) < 4.78 is 12.4. The highest BCUT2D eigenvalue weighted by Crippen LogP contribution is 2.29. The Kier molecular flexibility index (Phi) is 21.1. The molecule has 0 bridgehead atoms. The first-order valence-electron chi connectivity index (χ1n) is 16.7. The van der Waals surface area contributed by atoms with Gasteiger partial charge in [-0.3, -0.25) is 4.79 Å². The Bertz CT molecular complexity index is 875. The van der Waals surface area contributed by atoms with Gasteiger partial charge in [-0.25, -0.2) is 0 Å². The summed E-state index contributed by atoms with van der Waals surface area (Å²) in [7, 11) is 0. The van der Waals surface area contributed by atoms with E-state index >= 15 is 0 Å². The Morgan fingerprint density at radius 2 is 1.20 bits per heavy atom. The number of amidine groups is 1. The SMILES string of the molecule is CCCCCCCCCCCCOc1ccc(C=NN=C2NC(=O)CS2)cc1OCCCCCCCCCCCC. The van der Waals surface area contributed by atoms with Crippen molar-refractivity contribution in [3.8, 4) is 11.5 Å². The smallest absolute Gasteiger partial charge is 0.236 e. The largest absolute Gasteiger partial charge is 0.490 e. The van der Waals surface area contributed by atoms with E-state index in [1.54, 1.807) is 6.21 Å². The molecule has 1 aromatic carbocycles. The summed E-state index contributed by atoms with van der Waals surface area (Å²) in [5.74, 6) is 1.94. The lowest BCUT2D eigenvalue weighted by molar-refractivity contribution is -0.116. The molecule has 6 nitrogen and oxygen atoms in total. The standard InChI is InChI=1S/C34H57N3O3S/c1-3-5-7-9-11-13-15-17-19-21-25-39-31-24-23-30(28-35-37-34-36-33(38)29-41-34)27-32(31)40-26-22-20-18-16-14-12-10-8-6-4-2/h23-24,27-28H,3-22,25-26,29H2,1-2H3,(H,36,37,38). The van der Waals surface area contributed by atoms with Crippen LogP contribution in [0.5, 0.6) is 11.5 Å². The lowest BCUT2D eigenvalue weighted by Crippen LogP contribution is -2.19. The topological polar surface area (TPSA) is 72.3 Å². The van der Waals surface area contributed by atoms with Gasteiger partial charge in [-0.15, -0.1) is 5.10 Å². The van der Waals surface area contributed by atoms with Crippen LogP contribution in [0.1, 0.15) is 148 Å². The molecular formula is C34H57N3O3S. The third-order valence-electron chi connectivity index (χ3n) is 7.42. The van der Waals surface area contributed by atoms with Crippen molar-refractivity contribution in [1.82, 2.24) is 5.32 Å². The van der Waals surface area contributed by atoms with E-state index in [-0.39, 0.29) is 5.91 Å². The second kappa shape index (κ2) is 24.6. The average Bonchev–Trinajstić information content (AvgIpc) is 3.40. The first-order valence-corrected chi connectivity index (χ1v) is 17.6. The van der Waals surface area contributed by atoms with E-state index in [1.165, 1.54) is 127 Å². The number of carbonyl (C=O) groups excluding carboxylic acids is 1. The second-order valence-corrected chi connectivity index (χ2v) is 12.2. The molecule has 0 saturated carbocycles.